The van der Waals surface area contributed by atoms with Crippen molar-refractivity contribution in [2.75, 3.05) is 11.6 Å². The number of nitrogens with one attached hydrogen (secondary N) is 1. The van der Waals surface area contributed by atoms with Gasteiger partial charge in [0.05, 0.1) is 5.56 Å². The Kier molecular flexibility index (Phi) is 3.93. The molecule has 1 unspecified atom stereocenters. The van der Waals surface area contributed by atoms with Crippen molar-refractivity contribution in [1.29, 1.82) is 0 Å². The first-order valence-electron chi connectivity index (χ1n) is 6.82. The molecule has 0 radical (unpaired) electrons. The third kappa shape index (κ3) is 2.52. The summed E-state index contributed by atoms with van der Waals surface area (Å²) in [5.41, 5.74) is -0.387. The molecule has 0 saturated carbocycles. The van der Waals surface area contributed by atoms with E-state index in [0.717, 1.165) is 6.07 Å². The van der Waals surface area contributed by atoms with Crippen molar-refractivity contribution < 1.29 is 13.6 Å². The molecule has 1 aromatic carbocycles. The van der Waals surface area contributed by atoms with Crippen LogP contribution >= 0.6 is 11.8 Å². The van der Waals surface area contributed by atoms with Crippen LogP contribution in [0.5, 0.6) is 0 Å². The second-order valence-electron chi connectivity index (χ2n) is 5.17. The quantitative estimate of drug-likeness (QED) is 0.674. The molecule has 3 rings (SSSR count). The molecule has 1 aliphatic rings. The molecule has 8 heteroatoms. The zero-order valence-corrected chi connectivity index (χ0v) is 13.2. The Bertz CT molecular complexity index is 867. The maximum Gasteiger partial charge on any atom is 0.279 e. The van der Waals surface area contributed by atoms with Crippen LogP contribution in [0.1, 0.15) is 23.5 Å². The summed E-state index contributed by atoms with van der Waals surface area (Å²) in [7, 11) is 1.65. The lowest BCUT2D eigenvalue weighted by molar-refractivity contribution is -0.116. The van der Waals surface area contributed by atoms with Crippen LogP contribution < -0.4 is 10.9 Å². The number of aromatic nitrogens is 2. The number of nitrogens with zero attached hydrogens (tertiary/aromatic N) is 2. The number of benzene rings is 1. The highest BCUT2D eigenvalue weighted by atomic mass is 32.2. The SMILES string of the molecule is CSc1nc(=O)c2c(n1C)NC(=O)CC2c1cccc(F)c1F. The second-order valence-corrected chi connectivity index (χ2v) is 5.95. The van der Waals surface area contributed by atoms with Crippen molar-refractivity contribution in [2.24, 2.45) is 7.05 Å². The topological polar surface area (TPSA) is 64.0 Å². The molecule has 1 aromatic heterocycles. The van der Waals surface area contributed by atoms with Crippen molar-refractivity contribution in [3.8, 4) is 0 Å². The Labute approximate surface area is 134 Å². The molecule has 1 aliphatic heterocycles. The molecule has 0 spiro atoms. The van der Waals surface area contributed by atoms with Crippen LogP contribution in [0.25, 0.3) is 0 Å². The van der Waals surface area contributed by atoms with E-state index in [-0.39, 0.29) is 29.3 Å². The number of hydrogen-bond donors (Lipinski definition) is 1. The van der Waals surface area contributed by atoms with Crippen LogP contribution in [0.3, 0.4) is 0 Å². The number of rotatable bonds is 2. The summed E-state index contributed by atoms with van der Waals surface area (Å²) in [5.74, 6) is -3.01. The van der Waals surface area contributed by atoms with Crippen molar-refractivity contribution in [3.63, 3.8) is 0 Å². The van der Waals surface area contributed by atoms with E-state index in [9.17, 15) is 18.4 Å². The average molecular weight is 337 g/mol. The van der Waals surface area contributed by atoms with Gasteiger partial charge in [-0.15, -0.1) is 0 Å². The number of hydrogen-bond acceptors (Lipinski definition) is 4. The molecular formula is C15H13F2N3O2S. The predicted octanol–water partition coefficient (Wildman–Crippen LogP) is 2.25. The minimum absolute atomic E-state index is 0.0168. The maximum atomic E-state index is 14.1. The summed E-state index contributed by atoms with van der Waals surface area (Å²) < 4.78 is 29.2. The van der Waals surface area contributed by atoms with Crippen molar-refractivity contribution >= 4 is 23.5 Å². The number of carbonyl (C=O) groups is 1. The lowest BCUT2D eigenvalue weighted by atomic mass is 9.86. The van der Waals surface area contributed by atoms with Crippen LogP contribution in [0.2, 0.25) is 0 Å². The highest BCUT2D eigenvalue weighted by Crippen LogP contribution is 2.36. The molecule has 0 fully saturated rings. The van der Waals surface area contributed by atoms with E-state index >= 15 is 0 Å². The molecule has 0 saturated heterocycles. The first-order valence-corrected chi connectivity index (χ1v) is 8.05. The van der Waals surface area contributed by atoms with Crippen LogP contribution in [0.15, 0.2) is 28.2 Å². The van der Waals surface area contributed by atoms with E-state index in [1.165, 1.54) is 23.9 Å². The van der Waals surface area contributed by atoms with Crippen LogP contribution in [0.4, 0.5) is 14.6 Å². The third-order valence-electron chi connectivity index (χ3n) is 3.84. The van der Waals surface area contributed by atoms with Gasteiger partial charge in [0, 0.05) is 19.4 Å². The van der Waals surface area contributed by atoms with Gasteiger partial charge in [-0.3, -0.25) is 9.59 Å². The van der Waals surface area contributed by atoms with Gasteiger partial charge in [-0.25, -0.2) is 8.78 Å². The highest BCUT2D eigenvalue weighted by Gasteiger charge is 2.33. The standard InChI is InChI=1S/C15H13F2N3O2S/c1-20-13-11(14(22)19-15(20)23-2)8(6-10(21)18-13)7-4-3-5-9(16)12(7)17/h3-5,8H,6H2,1-2H3,(H,18,21). The fourth-order valence-electron chi connectivity index (χ4n) is 2.77. The van der Waals surface area contributed by atoms with Gasteiger partial charge in [-0.2, -0.15) is 4.98 Å². The molecule has 2 aromatic rings. The normalized spacial score (nSPS) is 16.9. The number of fused-ring (bicyclic) bond motifs is 1. The first kappa shape index (κ1) is 15.7. The second kappa shape index (κ2) is 5.77. The molecule has 2 heterocycles. The maximum absolute atomic E-state index is 14.1. The zero-order chi connectivity index (χ0) is 16.7. The van der Waals surface area contributed by atoms with Gasteiger partial charge in [0.25, 0.3) is 5.56 Å². The summed E-state index contributed by atoms with van der Waals surface area (Å²) in [6.07, 6.45) is 1.62. The Morgan fingerprint density at radius 2 is 2.09 bits per heavy atom. The molecule has 23 heavy (non-hydrogen) atoms. The predicted molar refractivity (Wildman–Crippen MR) is 82.7 cm³/mol. The first-order chi connectivity index (χ1) is 10.9. The summed E-state index contributed by atoms with van der Waals surface area (Å²) in [6.45, 7) is 0. The summed E-state index contributed by atoms with van der Waals surface area (Å²) >= 11 is 1.25. The van der Waals surface area contributed by atoms with Crippen molar-refractivity contribution in [1.82, 2.24) is 9.55 Å². The summed E-state index contributed by atoms with van der Waals surface area (Å²) in [6, 6.07) is 3.73. The Balaban J connectivity index is 2.28. The molecule has 0 bridgehead atoms. The largest absolute Gasteiger partial charge is 0.312 e. The van der Waals surface area contributed by atoms with Gasteiger partial charge in [0.2, 0.25) is 5.91 Å². The lowest BCUT2D eigenvalue weighted by Gasteiger charge is -2.27. The van der Waals surface area contributed by atoms with Gasteiger partial charge in [0.15, 0.2) is 16.8 Å². The van der Waals surface area contributed by atoms with Crippen LogP contribution in [0, 0.1) is 11.6 Å². The zero-order valence-electron chi connectivity index (χ0n) is 12.4. The molecule has 120 valence electrons. The van der Waals surface area contributed by atoms with Crippen LogP contribution in [-0.4, -0.2) is 21.7 Å². The van der Waals surface area contributed by atoms with E-state index in [1.54, 1.807) is 17.9 Å². The molecular weight excluding hydrogens is 324 g/mol. The molecule has 1 N–H and O–H groups in total. The highest BCUT2D eigenvalue weighted by molar-refractivity contribution is 7.98. The number of amides is 1. The van der Waals surface area contributed by atoms with Crippen molar-refractivity contribution in [2.45, 2.75) is 17.5 Å². The molecule has 5 nitrogen and oxygen atoms in total. The minimum Gasteiger partial charge on any atom is -0.312 e. The van der Waals surface area contributed by atoms with E-state index in [4.69, 9.17) is 0 Å². The van der Waals surface area contributed by atoms with Crippen molar-refractivity contribution in [3.05, 3.63) is 51.3 Å². The fraction of sp³-hybridized carbons (Fsp3) is 0.267. The monoisotopic (exact) mass is 337 g/mol. The average Bonchev–Trinajstić information content (AvgIpc) is 2.52. The number of thioether (sulfide) groups is 1. The molecule has 1 atom stereocenters. The third-order valence-corrected chi connectivity index (χ3v) is 4.57. The van der Waals surface area contributed by atoms with Gasteiger partial charge in [-0.05, 0) is 17.9 Å². The Hall–Kier alpha value is -2.22. The van der Waals surface area contributed by atoms with Gasteiger partial charge in [-0.1, -0.05) is 23.9 Å². The Morgan fingerprint density at radius 3 is 2.78 bits per heavy atom. The summed E-state index contributed by atoms with van der Waals surface area (Å²) in [5, 5.41) is 3.06. The van der Waals surface area contributed by atoms with E-state index in [0.29, 0.717) is 5.16 Å². The smallest absolute Gasteiger partial charge is 0.279 e. The van der Waals surface area contributed by atoms with Gasteiger partial charge < -0.3 is 9.88 Å². The van der Waals surface area contributed by atoms with Gasteiger partial charge in [0.1, 0.15) is 5.82 Å². The molecule has 1 amide bonds. The summed E-state index contributed by atoms with van der Waals surface area (Å²) in [4.78, 5) is 28.3. The number of anilines is 1. The minimum atomic E-state index is -1.05. The van der Waals surface area contributed by atoms with E-state index < -0.39 is 23.1 Å². The lowest BCUT2D eigenvalue weighted by Crippen LogP contribution is -2.33. The number of halogens is 2. The van der Waals surface area contributed by atoms with E-state index in [1.807, 2.05) is 0 Å². The molecule has 0 aliphatic carbocycles. The Morgan fingerprint density at radius 1 is 1.35 bits per heavy atom. The number of carbonyl (C=O) groups excluding carboxylic acids is 1. The van der Waals surface area contributed by atoms with E-state index in [2.05, 4.69) is 10.3 Å². The fourth-order valence-corrected chi connectivity index (χ4v) is 3.31. The van der Waals surface area contributed by atoms with Gasteiger partial charge >= 0.3 is 0 Å². The van der Waals surface area contributed by atoms with Crippen LogP contribution in [-0.2, 0) is 11.8 Å².